The summed E-state index contributed by atoms with van der Waals surface area (Å²) in [6, 6.07) is 1.28. The lowest BCUT2D eigenvalue weighted by Gasteiger charge is -2.15. The van der Waals surface area contributed by atoms with Crippen LogP contribution in [-0.2, 0) is 6.18 Å². The normalized spacial score (nSPS) is 10.9. The summed E-state index contributed by atoms with van der Waals surface area (Å²) in [6.07, 6.45) is -2.36. The lowest BCUT2D eigenvalue weighted by molar-refractivity contribution is -0.137. The molecule has 8 heteroatoms. The second-order valence-electron chi connectivity index (χ2n) is 3.19. The van der Waals surface area contributed by atoms with Gasteiger partial charge in [0.25, 0.3) is 0 Å². The smallest absolute Gasteiger partial charge is 0.333 e. The van der Waals surface area contributed by atoms with Crippen LogP contribution in [0.1, 0.15) is 5.56 Å². The van der Waals surface area contributed by atoms with Crippen molar-refractivity contribution in [3.05, 3.63) is 36.5 Å². The van der Waals surface area contributed by atoms with E-state index < -0.39 is 17.8 Å². The van der Waals surface area contributed by atoms with Gasteiger partial charge < -0.3 is 5.32 Å². The van der Waals surface area contributed by atoms with Crippen molar-refractivity contribution in [3.8, 4) is 0 Å². The summed E-state index contributed by atoms with van der Waals surface area (Å²) < 4.78 is 37.7. The zero-order valence-electron chi connectivity index (χ0n) is 9.11. The van der Waals surface area contributed by atoms with Crippen LogP contribution < -0.4 is 9.62 Å². The molecule has 1 aromatic heterocycles. The molecular weight excluding hydrogens is 267 g/mol. The number of pyridine rings is 1. The molecule has 0 atom stereocenters. The number of hydrogen-bond donors (Lipinski definition) is 2. The fourth-order valence-corrected chi connectivity index (χ4v) is 1.21. The van der Waals surface area contributed by atoms with Gasteiger partial charge in [0.05, 0.1) is 5.56 Å². The van der Waals surface area contributed by atoms with Gasteiger partial charge in [-0.1, -0.05) is 18.9 Å². The molecule has 0 saturated heterocycles. The Balaban J connectivity index is 2.79. The first kappa shape index (κ1) is 14.4. The van der Waals surface area contributed by atoms with Crippen LogP contribution in [0.5, 0.6) is 0 Å². The highest BCUT2D eigenvalue weighted by molar-refractivity contribution is 7.82. The van der Waals surface area contributed by atoms with Crippen LogP contribution in [0, 0.1) is 0 Å². The lowest BCUT2D eigenvalue weighted by atomic mass is 10.3. The summed E-state index contributed by atoms with van der Waals surface area (Å²) in [5.74, 6) is -0.00658. The minimum atomic E-state index is -4.46. The van der Waals surface area contributed by atoms with Crippen molar-refractivity contribution in [1.29, 1.82) is 0 Å². The number of carbonyl (C=O) groups is 1. The predicted octanol–water partition coefficient (Wildman–Crippen LogP) is 2.65. The molecule has 0 unspecified atom stereocenters. The topological polar surface area (TPSA) is 45.2 Å². The van der Waals surface area contributed by atoms with Gasteiger partial charge in [-0.25, -0.2) is 14.1 Å². The van der Waals surface area contributed by atoms with Crippen molar-refractivity contribution >= 4 is 24.7 Å². The number of carbonyl (C=O) groups excluding carboxylic acids is 1. The van der Waals surface area contributed by atoms with Crippen LogP contribution in [0.4, 0.5) is 23.8 Å². The number of urea groups is 1. The Hall–Kier alpha value is -1.70. The van der Waals surface area contributed by atoms with Crippen molar-refractivity contribution in [3.63, 3.8) is 0 Å². The number of alkyl halides is 3. The number of halogens is 3. The molecule has 0 fully saturated rings. The Kier molecular flexibility index (Phi) is 4.60. The SMILES string of the molecule is C=CCNC(=O)N(S)c1ccc(C(F)(F)F)cn1. The van der Waals surface area contributed by atoms with E-state index in [0.717, 1.165) is 16.4 Å². The van der Waals surface area contributed by atoms with E-state index in [1.54, 1.807) is 0 Å². The van der Waals surface area contributed by atoms with E-state index in [1.807, 2.05) is 0 Å². The molecular formula is C10H10F3N3OS. The van der Waals surface area contributed by atoms with E-state index in [2.05, 4.69) is 29.7 Å². The van der Waals surface area contributed by atoms with E-state index in [0.29, 0.717) is 6.20 Å². The van der Waals surface area contributed by atoms with Crippen LogP contribution in [-0.4, -0.2) is 17.6 Å². The molecule has 98 valence electrons. The summed E-state index contributed by atoms with van der Waals surface area (Å²) in [4.78, 5) is 14.9. The van der Waals surface area contributed by atoms with E-state index in [-0.39, 0.29) is 12.4 Å². The van der Waals surface area contributed by atoms with E-state index in [9.17, 15) is 18.0 Å². The van der Waals surface area contributed by atoms with Crippen molar-refractivity contribution in [2.75, 3.05) is 10.8 Å². The van der Waals surface area contributed by atoms with Crippen LogP contribution in [0.25, 0.3) is 0 Å². The number of aromatic nitrogens is 1. The number of anilines is 1. The number of nitrogens with one attached hydrogen (secondary N) is 1. The third kappa shape index (κ3) is 3.66. The molecule has 0 spiro atoms. The van der Waals surface area contributed by atoms with Gasteiger partial charge in [0.15, 0.2) is 0 Å². The number of amides is 2. The van der Waals surface area contributed by atoms with Crippen molar-refractivity contribution in [2.45, 2.75) is 6.18 Å². The van der Waals surface area contributed by atoms with Gasteiger partial charge in [0.1, 0.15) is 5.82 Å². The first-order valence-corrected chi connectivity index (χ1v) is 5.17. The van der Waals surface area contributed by atoms with E-state index >= 15 is 0 Å². The molecule has 0 saturated carbocycles. The minimum Gasteiger partial charge on any atom is -0.333 e. The van der Waals surface area contributed by atoms with E-state index in [4.69, 9.17) is 0 Å². The molecule has 1 rings (SSSR count). The van der Waals surface area contributed by atoms with Gasteiger partial charge in [-0.15, -0.1) is 6.58 Å². The highest BCUT2D eigenvalue weighted by atomic mass is 32.1. The summed E-state index contributed by atoms with van der Waals surface area (Å²) in [7, 11) is 0. The average molecular weight is 277 g/mol. The molecule has 4 nitrogen and oxygen atoms in total. The van der Waals surface area contributed by atoms with Gasteiger partial charge in [0.2, 0.25) is 0 Å². The van der Waals surface area contributed by atoms with Crippen LogP contribution in [0.15, 0.2) is 31.0 Å². The Labute approximate surface area is 107 Å². The largest absolute Gasteiger partial charge is 0.417 e. The van der Waals surface area contributed by atoms with Crippen molar-refractivity contribution in [1.82, 2.24) is 10.3 Å². The van der Waals surface area contributed by atoms with Gasteiger partial charge in [-0.2, -0.15) is 13.2 Å². The first-order valence-electron chi connectivity index (χ1n) is 4.77. The average Bonchev–Trinajstić information content (AvgIpc) is 2.34. The van der Waals surface area contributed by atoms with Gasteiger partial charge >= 0.3 is 12.2 Å². The van der Waals surface area contributed by atoms with Crippen molar-refractivity contribution < 1.29 is 18.0 Å². The second kappa shape index (κ2) is 5.76. The fourth-order valence-electron chi connectivity index (χ4n) is 1.02. The van der Waals surface area contributed by atoms with Gasteiger partial charge in [-0.3, -0.25) is 0 Å². The van der Waals surface area contributed by atoms with Crippen LogP contribution in [0.2, 0.25) is 0 Å². The highest BCUT2D eigenvalue weighted by Crippen LogP contribution is 2.29. The summed E-state index contributed by atoms with van der Waals surface area (Å²) in [5.41, 5.74) is -0.889. The lowest BCUT2D eigenvalue weighted by Crippen LogP contribution is -2.34. The molecule has 2 amide bonds. The molecule has 0 radical (unpaired) electrons. The zero-order valence-corrected chi connectivity index (χ0v) is 10.0. The molecule has 18 heavy (non-hydrogen) atoms. The maximum Gasteiger partial charge on any atom is 0.417 e. The Morgan fingerprint density at radius 1 is 1.56 bits per heavy atom. The molecule has 0 aliphatic heterocycles. The quantitative estimate of drug-likeness (QED) is 0.659. The zero-order chi connectivity index (χ0) is 13.8. The fraction of sp³-hybridized carbons (Fsp3) is 0.200. The predicted molar refractivity (Wildman–Crippen MR) is 64.3 cm³/mol. The summed E-state index contributed by atoms with van der Waals surface area (Å²) >= 11 is 3.84. The maximum absolute atomic E-state index is 12.3. The molecule has 0 bridgehead atoms. The summed E-state index contributed by atoms with van der Waals surface area (Å²) in [5, 5.41) is 2.41. The number of hydrogen-bond acceptors (Lipinski definition) is 3. The third-order valence-electron chi connectivity index (χ3n) is 1.88. The molecule has 1 N–H and O–H groups in total. The van der Waals surface area contributed by atoms with E-state index in [1.165, 1.54) is 6.08 Å². The minimum absolute atomic E-state index is 0.00658. The Bertz CT molecular complexity index is 433. The molecule has 1 heterocycles. The Morgan fingerprint density at radius 2 is 2.22 bits per heavy atom. The standard InChI is InChI=1S/C10H10F3N3OS/c1-2-5-14-9(17)16(18)8-4-3-7(6-15-8)10(11,12)13/h2-4,6,18H,1,5H2,(H,14,17). The molecule has 1 aromatic rings. The Morgan fingerprint density at radius 3 is 2.67 bits per heavy atom. The number of thiol groups is 1. The molecule has 0 aliphatic carbocycles. The van der Waals surface area contributed by atoms with Gasteiger partial charge in [0, 0.05) is 12.7 Å². The third-order valence-corrected chi connectivity index (χ3v) is 2.27. The molecule has 0 aliphatic rings. The molecule has 0 aromatic carbocycles. The number of rotatable bonds is 3. The summed E-state index contributed by atoms with van der Waals surface area (Å²) in [6.45, 7) is 3.62. The van der Waals surface area contributed by atoms with Crippen LogP contribution in [0.3, 0.4) is 0 Å². The second-order valence-corrected chi connectivity index (χ2v) is 3.59. The van der Waals surface area contributed by atoms with Gasteiger partial charge in [-0.05, 0) is 12.1 Å². The number of nitrogens with zero attached hydrogens (tertiary/aromatic N) is 2. The van der Waals surface area contributed by atoms with Crippen LogP contribution >= 0.6 is 12.8 Å². The maximum atomic E-state index is 12.3. The highest BCUT2D eigenvalue weighted by Gasteiger charge is 2.31. The van der Waals surface area contributed by atoms with Crippen molar-refractivity contribution in [2.24, 2.45) is 0 Å². The first-order chi connectivity index (χ1) is 8.36. The monoisotopic (exact) mass is 277 g/mol.